The fourth-order valence-electron chi connectivity index (χ4n) is 2.75. The van der Waals surface area contributed by atoms with Crippen LogP contribution in [0.3, 0.4) is 0 Å². The van der Waals surface area contributed by atoms with Gasteiger partial charge in [-0.3, -0.25) is 4.79 Å². The summed E-state index contributed by atoms with van der Waals surface area (Å²) in [5.74, 6) is 1.73. The van der Waals surface area contributed by atoms with E-state index < -0.39 is 0 Å². The van der Waals surface area contributed by atoms with Crippen molar-refractivity contribution in [1.29, 1.82) is 0 Å². The summed E-state index contributed by atoms with van der Waals surface area (Å²) in [6.45, 7) is 4.46. The summed E-state index contributed by atoms with van der Waals surface area (Å²) in [6, 6.07) is 0. The number of Topliss-reactive ketones (excluding diaryl/α,β-unsaturated/α-hetero) is 1. The van der Waals surface area contributed by atoms with Gasteiger partial charge in [-0.1, -0.05) is 19.4 Å². The minimum atomic E-state index is 0.441. The molecule has 0 heterocycles. The fourth-order valence-corrected chi connectivity index (χ4v) is 2.75. The van der Waals surface area contributed by atoms with E-state index >= 15 is 0 Å². The summed E-state index contributed by atoms with van der Waals surface area (Å²) in [5.41, 5.74) is 2.70. The molecule has 0 bridgehead atoms. The average molecular weight is 178 g/mol. The Morgan fingerprint density at radius 1 is 1.23 bits per heavy atom. The Morgan fingerprint density at radius 3 is 2.46 bits per heavy atom. The van der Waals surface area contributed by atoms with Gasteiger partial charge in [-0.15, -0.1) is 0 Å². The Kier molecular flexibility index (Phi) is 2.27. The molecule has 2 rings (SSSR count). The van der Waals surface area contributed by atoms with Crippen LogP contribution in [0, 0.1) is 11.8 Å². The minimum Gasteiger partial charge on any atom is -0.295 e. The third kappa shape index (κ3) is 1.56. The van der Waals surface area contributed by atoms with Crippen molar-refractivity contribution in [2.45, 2.75) is 46.0 Å². The molecule has 0 aromatic heterocycles. The average Bonchev–Trinajstić information content (AvgIpc) is 2.58. The fraction of sp³-hybridized carbons (Fsp3) is 0.750. The van der Waals surface area contributed by atoms with Crippen LogP contribution in [0.5, 0.6) is 0 Å². The summed E-state index contributed by atoms with van der Waals surface area (Å²) >= 11 is 0. The molecule has 0 aromatic carbocycles. The molecule has 0 saturated heterocycles. The maximum Gasteiger partial charge on any atom is 0.159 e. The van der Waals surface area contributed by atoms with Crippen LogP contribution >= 0.6 is 0 Å². The first kappa shape index (κ1) is 8.98. The van der Waals surface area contributed by atoms with Crippen molar-refractivity contribution in [2.24, 2.45) is 11.8 Å². The van der Waals surface area contributed by atoms with Crippen molar-refractivity contribution in [1.82, 2.24) is 0 Å². The van der Waals surface area contributed by atoms with Gasteiger partial charge in [-0.25, -0.2) is 0 Å². The molecule has 0 spiro atoms. The predicted octanol–water partition coefficient (Wildman–Crippen LogP) is 3.10. The van der Waals surface area contributed by atoms with Gasteiger partial charge in [-0.2, -0.15) is 0 Å². The van der Waals surface area contributed by atoms with Crippen LogP contribution in [0.15, 0.2) is 11.1 Å². The number of rotatable bonds is 0. The number of allylic oxidation sites excluding steroid dienone is 2. The van der Waals surface area contributed by atoms with E-state index in [1.54, 1.807) is 0 Å². The quantitative estimate of drug-likeness (QED) is 0.521. The lowest BCUT2D eigenvalue weighted by atomic mass is 9.97. The van der Waals surface area contributed by atoms with Gasteiger partial charge in [-0.05, 0) is 43.1 Å². The third-order valence-electron chi connectivity index (χ3n) is 3.49. The van der Waals surface area contributed by atoms with Gasteiger partial charge in [0.1, 0.15) is 0 Å². The van der Waals surface area contributed by atoms with Crippen LogP contribution in [0.4, 0.5) is 0 Å². The van der Waals surface area contributed by atoms with Gasteiger partial charge in [0.05, 0.1) is 0 Å². The predicted molar refractivity (Wildman–Crippen MR) is 53.4 cm³/mol. The molecule has 0 radical (unpaired) electrons. The van der Waals surface area contributed by atoms with Crippen LogP contribution in [-0.2, 0) is 4.79 Å². The topological polar surface area (TPSA) is 17.1 Å². The van der Waals surface area contributed by atoms with Crippen LogP contribution in [0.1, 0.15) is 46.0 Å². The SMILES string of the molecule is CC1CC(=O)/C(=C2\CCCC2C)C1. The molecular weight excluding hydrogens is 160 g/mol. The highest BCUT2D eigenvalue weighted by atomic mass is 16.1. The van der Waals surface area contributed by atoms with Crippen LogP contribution in [0.25, 0.3) is 0 Å². The van der Waals surface area contributed by atoms with E-state index in [9.17, 15) is 4.79 Å². The van der Waals surface area contributed by atoms with Gasteiger partial charge in [0.2, 0.25) is 0 Å². The van der Waals surface area contributed by atoms with Crippen molar-refractivity contribution >= 4 is 5.78 Å². The molecule has 2 atom stereocenters. The van der Waals surface area contributed by atoms with E-state index in [4.69, 9.17) is 0 Å². The second kappa shape index (κ2) is 3.28. The van der Waals surface area contributed by atoms with Crippen molar-refractivity contribution < 1.29 is 4.79 Å². The second-order valence-electron chi connectivity index (χ2n) is 4.73. The highest BCUT2D eigenvalue weighted by molar-refractivity contribution is 5.98. The van der Waals surface area contributed by atoms with Crippen molar-refractivity contribution in [3.05, 3.63) is 11.1 Å². The lowest BCUT2D eigenvalue weighted by Crippen LogP contribution is -2.00. The summed E-state index contributed by atoms with van der Waals surface area (Å²) in [7, 11) is 0. The minimum absolute atomic E-state index is 0.441. The molecule has 13 heavy (non-hydrogen) atoms. The van der Waals surface area contributed by atoms with Gasteiger partial charge < -0.3 is 0 Å². The number of carbonyl (C=O) groups excluding carboxylic acids is 1. The van der Waals surface area contributed by atoms with Crippen LogP contribution in [-0.4, -0.2) is 5.78 Å². The highest BCUT2D eigenvalue weighted by Gasteiger charge is 2.30. The molecule has 2 aliphatic rings. The molecule has 0 aliphatic heterocycles. The summed E-state index contributed by atoms with van der Waals surface area (Å²) < 4.78 is 0. The largest absolute Gasteiger partial charge is 0.295 e. The molecule has 2 fully saturated rings. The van der Waals surface area contributed by atoms with Gasteiger partial charge >= 0.3 is 0 Å². The van der Waals surface area contributed by atoms with Crippen LogP contribution < -0.4 is 0 Å². The van der Waals surface area contributed by atoms with E-state index in [0.29, 0.717) is 17.6 Å². The normalized spacial score (nSPS) is 40.3. The monoisotopic (exact) mass is 178 g/mol. The van der Waals surface area contributed by atoms with E-state index in [1.165, 1.54) is 30.4 Å². The molecule has 0 amide bonds. The van der Waals surface area contributed by atoms with Crippen molar-refractivity contribution in [3.63, 3.8) is 0 Å². The van der Waals surface area contributed by atoms with E-state index in [0.717, 1.165) is 12.8 Å². The molecule has 2 saturated carbocycles. The highest BCUT2D eigenvalue weighted by Crippen LogP contribution is 2.38. The van der Waals surface area contributed by atoms with Crippen LogP contribution in [0.2, 0.25) is 0 Å². The van der Waals surface area contributed by atoms with E-state index in [2.05, 4.69) is 13.8 Å². The smallest absolute Gasteiger partial charge is 0.159 e. The number of ketones is 1. The Bertz CT molecular complexity index is 262. The molecule has 2 aliphatic carbocycles. The van der Waals surface area contributed by atoms with Crippen molar-refractivity contribution in [3.8, 4) is 0 Å². The molecule has 72 valence electrons. The summed E-state index contributed by atoms with van der Waals surface area (Å²) in [4.78, 5) is 11.7. The number of hydrogen-bond acceptors (Lipinski definition) is 1. The first-order valence-corrected chi connectivity index (χ1v) is 5.43. The standard InChI is InChI=1S/C12H18O/c1-8-6-11(12(13)7-8)10-5-3-4-9(10)2/h8-9H,3-7H2,1-2H3/b11-10+. The van der Waals surface area contributed by atoms with Gasteiger partial charge in [0.25, 0.3) is 0 Å². The van der Waals surface area contributed by atoms with Gasteiger partial charge in [0.15, 0.2) is 5.78 Å². The molecule has 0 aromatic rings. The van der Waals surface area contributed by atoms with E-state index in [1.807, 2.05) is 0 Å². The maximum atomic E-state index is 11.7. The van der Waals surface area contributed by atoms with E-state index in [-0.39, 0.29) is 0 Å². The number of carbonyl (C=O) groups is 1. The summed E-state index contributed by atoms with van der Waals surface area (Å²) in [5, 5.41) is 0. The Labute approximate surface area is 80.2 Å². The zero-order valence-electron chi connectivity index (χ0n) is 8.60. The molecule has 0 N–H and O–H groups in total. The Hall–Kier alpha value is -0.590. The first-order valence-electron chi connectivity index (χ1n) is 5.43. The van der Waals surface area contributed by atoms with Crippen molar-refractivity contribution in [2.75, 3.05) is 0 Å². The maximum absolute atomic E-state index is 11.7. The Morgan fingerprint density at radius 2 is 2.00 bits per heavy atom. The molecule has 1 nitrogen and oxygen atoms in total. The lowest BCUT2D eigenvalue weighted by Gasteiger charge is -2.08. The molecule has 1 heteroatoms. The Balaban J connectivity index is 2.27. The second-order valence-corrected chi connectivity index (χ2v) is 4.73. The summed E-state index contributed by atoms with van der Waals surface area (Å²) in [6.07, 6.45) is 5.63. The molecular formula is C12H18O. The zero-order chi connectivity index (χ0) is 9.42. The lowest BCUT2D eigenvalue weighted by molar-refractivity contribution is -0.114. The number of hydrogen-bond donors (Lipinski definition) is 0. The third-order valence-corrected chi connectivity index (χ3v) is 3.49. The molecule has 2 unspecified atom stereocenters. The zero-order valence-corrected chi connectivity index (χ0v) is 8.60. The van der Waals surface area contributed by atoms with Gasteiger partial charge in [0, 0.05) is 6.42 Å². The first-order chi connectivity index (χ1) is 6.18.